The third-order valence-electron chi connectivity index (χ3n) is 5.58. The molecular weight excluding hydrogens is 418 g/mol. The van der Waals surface area contributed by atoms with Gasteiger partial charge < -0.3 is 24.7 Å². The SMILES string of the molecule is O=C(Nc1c(C(=O)Nc2ccccc2)oc2ccccc12)c1ccc(N2CCOCC2)cc1. The van der Waals surface area contributed by atoms with E-state index in [1.165, 1.54) is 0 Å². The molecule has 0 bridgehead atoms. The number of anilines is 3. The van der Waals surface area contributed by atoms with Crippen LogP contribution in [0.5, 0.6) is 0 Å². The minimum Gasteiger partial charge on any atom is -0.449 e. The third-order valence-corrected chi connectivity index (χ3v) is 5.58. The van der Waals surface area contributed by atoms with Crippen molar-refractivity contribution in [2.45, 2.75) is 0 Å². The Bertz CT molecular complexity index is 1280. The van der Waals surface area contributed by atoms with E-state index in [1.807, 2.05) is 48.5 Å². The van der Waals surface area contributed by atoms with Gasteiger partial charge in [-0.05, 0) is 48.5 Å². The second-order valence-electron chi connectivity index (χ2n) is 7.72. The van der Waals surface area contributed by atoms with E-state index in [4.69, 9.17) is 9.15 Å². The second-order valence-corrected chi connectivity index (χ2v) is 7.72. The quantitative estimate of drug-likeness (QED) is 0.466. The highest BCUT2D eigenvalue weighted by Crippen LogP contribution is 2.32. The summed E-state index contributed by atoms with van der Waals surface area (Å²) in [7, 11) is 0. The highest BCUT2D eigenvalue weighted by molar-refractivity contribution is 6.16. The minimum absolute atomic E-state index is 0.0540. The maximum absolute atomic E-state index is 13.1. The zero-order valence-corrected chi connectivity index (χ0v) is 17.9. The lowest BCUT2D eigenvalue weighted by atomic mass is 10.1. The molecule has 0 radical (unpaired) electrons. The molecule has 0 spiro atoms. The van der Waals surface area contributed by atoms with E-state index in [0.29, 0.717) is 41.1 Å². The molecule has 1 aromatic heterocycles. The van der Waals surface area contributed by atoms with E-state index in [-0.39, 0.29) is 11.7 Å². The normalized spacial score (nSPS) is 13.6. The molecule has 1 saturated heterocycles. The van der Waals surface area contributed by atoms with E-state index in [0.717, 1.165) is 18.8 Å². The van der Waals surface area contributed by atoms with Crippen molar-refractivity contribution in [3.8, 4) is 0 Å². The van der Waals surface area contributed by atoms with Crippen LogP contribution in [0.1, 0.15) is 20.9 Å². The molecule has 2 heterocycles. The number of para-hydroxylation sites is 2. The van der Waals surface area contributed by atoms with Crippen molar-refractivity contribution in [3.63, 3.8) is 0 Å². The Kier molecular flexibility index (Phi) is 5.78. The van der Waals surface area contributed by atoms with E-state index < -0.39 is 5.91 Å². The first-order chi connectivity index (χ1) is 16.2. The molecule has 2 N–H and O–H groups in total. The lowest BCUT2D eigenvalue weighted by Crippen LogP contribution is -2.36. The van der Waals surface area contributed by atoms with Crippen LogP contribution in [-0.4, -0.2) is 38.1 Å². The summed E-state index contributed by atoms with van der Waals surface area (Å²) in [4.78, 5) is 28.3. The number of furan rings is 1. The van der Waals surface area contributed by atoms with E-state index in [2.05, 4.69) is 15.5 Å². The van der Waals surface area contributed by atoms with Gasteiger partial charge in [-0.2, -0.15) is 0 Å². The third kappa shape index (κ3) is 4.44. The monoisotopic (exact) mass is 441 g/mol. The minimum atomic E-state index is -0.435. The number of morpholine rings is 1. The number of hydrogen-bond donors (Lipinski definition) is 2. The van der Waals surface area contributed by atoms with Gasteiger partial charge in [0.25, 0.3) is 11.8 Å². The zero-order valence-electron chi connectivity index (χ0n) is 17.9. The Morgan fingerprint density at radius 3 is 2.21 bits per heavy atom. The van der Waals surface area contributed by atoms with Crippen LogP contribution in [0.15, 0.2) is 83.3 Å². The van der Waals surface area contributed by atoms with Gasteiger partial charge in [-0.25, -0.2) is 0 Å². The topological polar surface area (TPSA) is 83.8 Å². The fraction of sp³-hybridized carbons (Fsp3) is 0.154. The molecule has 1 fully saturated rings. The average molecular weight is 441 g/mol. The van der Waals surface area contributed by atoms with E-state index in [9.17, 15) is 9.59 Å². The Balaban J connectivity index is 1.40. The summed E-state index contributed by atoms with van der Waals surface area (Å²) in [5, 5.41) is 6.37. The van der Waals surface area contributed by atoms with Crippen LogP contribution in [0, 0.1) is 0 Å². The lowest BCUT2D eigenvalue weighted by molar-refractivity contribution is 0.0999. The van der Waals surface area contributed by atoms with Crippen molar-refractivity contribution in [2.24, 2.45) is 0 Å². The van der Waals surface area contributed by atoms with E-state index in [1.54, 1.807) is 30.3 Å². The predicted octanol–water partition coefficient (Wildman–Crippen LogP) is 4.77. The molecule has 0 unspecified atom stereocenters. The molecule has 3 aromatic carbocycles. The molecule has 1 aliphatic heterocycles. The van der Waals surface area contributed by atoms with Gasteiger partial charge in [-0.3, -0.25) is 9.59 Å². The van der Waals surface area contributed by atoms with Gasteiger partial charge in [0.05, 0.1) is 13.2 Å². The molecular formula is C26H23N3O4. The molecule has 33 heavy (non-hydrogen) atoms. The molecule has 7 nitrogen and oxygen atoms in total. The number of carbonyl (C=O) groups is 2. The summed E-state index contributed by atoms with van der Waals surface area (Å²) >= 11 is 0. The van der Waals surface area contributed by atoms with Gasteiger partial charge in [0.1, 0.15) is 11.3 Å². The maximum Gasteiger partial charge on any atom is 0.293 e. The number of fused-ring (bicyclic) bond motifs is 1. The Hall–Kier alpha value is -4.10. The smallest absolute Gasteiger partial charge is 0.293 e. The molecule has 4 aromatic rings. The summed E-state index contributed by atoms with van der Waals surface area (Å²) < 4.78 is 11.2. The van der Waals surface area contributed by atoms with Gasteiger partial charge >= 0.3 is 0 Å². The van der Waals surface area contributed by atoms with Crippen LogP contribution in [0.25, 0.3) is 11.0 Å². The van der Waals surface area contributed by atoms with Gasteiger partial charge in [0, 0.05) is 35.4 Å². The molecule has 2 amide bonds. The van der Waals surface area contributed by atoms with Crippen molar-refractivity contribution >= 4 is 39.8 Å². The van der Waals surface area contributed by atoms with Gasteiger partial charge in [-0.15, -0.1) is 0 Å². The largest absolute Gasteiger partial charge is 0.449 e. The van der Waals surface area contributed by atoms with Crippen LogP contribution in [0.4, 0.5) is 17.1 Å². The number of amides is 2. The Morgan fingerprint density at radius 1 is 0.758 bits per heavy atom. The number of rotatable bonds is 5. The molecule has 166 valence electrons. The van der Waals surface area contributed by atoms with Gasteiger partial charge in [0.15, 0.2) is 0 Å². The number of hydrogen-bond acceptors (Lipinski definition) is 5. The fourth-order valence-electron chi connectivity index (χ4n) is 3.87. The molecule has 0 atom stereocenters. The van der Waals surface area contributed by atoms with Crippen LogP contribution in [0.3, 0.4) is 0 Å². The van der Waals surface area contributed by atoms with E-state index >= 15 is 0 Å². The fourth-order valence-corrected chi connectivity index (χ4v) is 3.87. The summed E-state index contributed by atoms with van der Waals surface area (Å²) in [5.41, 5.74) is 3.05. The summed E-state index contributed by atoms with van der Waals surface area (Å²) in [6, 6.07) is 23.8. The number of carbonyl (C=O) groups excluding carboxylic acids is 2. The van der Waals surface area contributed by atoms with Crippen molar-refractivity contribution in [2.75, 3.05) is 41.8 Å². The Labute approximate surface area is 191 Å². The second kappa shape index (κ2) is 9.18. The number of nitrogens with one attached hydrogen (secondary N) is 2. The highest BCUT2D eigenvalue weighted by Gasteiger charge is 2.23. The van der Waals surface area contributed by atoms with Crippen LogP contribution in [0.2, 0.25) is 0 Å². The zero-order chi connectivity index (χ0) is 22.6. The maximum atomic E-state index is 13.1. The van der Waals surface area contributed by atoms with Gasteiger partial charge in [-0.1, -0.05) is 30.3 Å². The first kappa shape index (κ1) is 20.8. The van der Waals surface area contributed by atoms with Crippen LogP contribution in [-0.2, 0) is 4.74 Å². The van der Waals surface area contributed by atoms with Crippen molar-refractivity contribution in [1.29, 1.82) is 0 Å². The molecule has 5 rings (SSSR count). The number of nitrogens with zero attached hydrogens (tertiary/aromatic N) is 1. The van der Waals surface area contributed by atoms with Crippen molar-refractivity contribution < 1.29 is 18.7 Å². The summed E-state index contributed by atoms with van der Waals surface area (Å²) in [6.45, 7) is 3.05. The van der Waals surface area contributed by atoms with Crippen molar-refractivity contribution in [1.82, 2.24) is 0 Å². The van der Waals surface area contributed by atoms with Crippen molar-refractivity contribution in [3.05, 3.63) is 90.2 Å². The summed E-state index contributed by atoms with van der Waals surface area (Å²) in [6.07, 6.45) is 0. The molecule has 0 aliphatic carbocycles. The molecule has 7 heteroatoms. The molecule has 0 saturated carbocycles. The van der Waals surface area contributed by atoms with Crippen LogP contribution >= 0.6 is 0 Å². The number of ether oxygens (including phenoxy) is 1. The standard InChI is InChI=1S/C26H23N3O4/c30-25(18-10-12-20(13-11-18)29-14-16-32-17-15-29)28-23-21-8-4-5-9-22(21)33-24(23)26(31)27-19-6-2-1-3-7-19/h1-13H,14-17H2,(H,27,31)(H,28,30). The first-order valence-corrected chi connectivity index (χ1v) is 10.8. The van der Waals surface area contributed by atoms with Gasteiger partial charge in [0.2, 0.25) is 5.76 Å². The molecule has 1 aliphatic rings. The number of benzene rings is 3. The van der Waals surface area contributed by atoms with Crippen LogP contribution < -0.4 is 15.5 Å². The first-order valence-electron chi connectivity index (χ1n) is 10.8. The predicted molar refractivity (Wildman–Crippen MR) is 128 cm³/mol. The average Bonchev–Trinajstić information content (AvgIpc) is 3.24. The lowest BCUT2D eigenvalue weighted by Gasteiger charge is -2.28. The Morgan fingerprint density at radius 2 is 1.45 bits per heavy atom. The summed E-state index contributed by atoms with van der Waals surface area (Å²) in [5.74, 6) is -0.697. The highest BCUT2D eigenvalue weighted by atomic mass is 16.5.